The molecule has 4 rings (SSSR count). The van der Waals surface area contributed by atoms with Crippen LogP contribution in [0.1, 0.15) is 0 Å². The van der Waals surface area contributed by atoms with E-state index in [2.05, 4.69) is 10.2 Å². The lowest BCUT2D eigenvalue weighted by molar-refractivity contribution is 0.0730. The van der Waals surface area contributed by atoms with Gasteiger partial charge in [-0.3, -0.25) is 4.40 Å². The van der Waals surface area contributed by atoms with Crippen molar-refractivity contribution in [2.75, 3.05) is 32.0 Å². The molecule has 2 aromatic heterocycles. The van der Waals surface area contributed by atoms with Gasteiger partial charge in [0.25, 0.3) is 0 Å². The quantitative estimate of drug-likeness (QED) is 0.748. The van der Waals surface area contributed by atoms with Gasteiger partial charge in [-0.25, -0.2) is 8.42 Å². The predicted octanol–water partition coefficient (Wildman–Crippen LogP) is 0.999. The maximum atomic E-state index is 12.7. The first-order valence-corrected chi connectivity index (χ1v) is 9.29. The molecule has 1 aliphatic rings. The van der Waals surface area contributed by atoms with Crippen LogP contribution in [0, 0.1) is 0 Å². The van der Waals surface area contributed by atoms with Crippen LogP contribution in [0.5, 0.6) is 0 Å². The lowest BCUT2D eigenvalue weighted by atomic mass is 10.2. The van der Waals surface area contributed by atoms with Gasteiger partial charge in [0.05, 0.1) is 23.8 Å². The standard InChI is InChI=1S/C16H17N5O3S/c17-14-2-1-7-21-15(18-19-16(14)21)12-3-5-13(6-4-12)25(22,23)20-8-10-24-11-9-20/h1-7H,8-11,17H2. The van der Waals surface area contributed by atoms with E-state index in [0.29, 0.717) is 43.5 Å². The molecular weight excluding hydrogens is 342 g/mol. The van der Waals surface area contributed by atoms with Crippen molar-refractivity contribution < 1.29 is 13.2 Å². The number of hydrogen-bond donors (Lipinski definition) is 1. The van der Waals surface area contributed by atoms with Crippen LogP contribution in [0.25, 0.3) is 17.0 Å². The Labute approximate surface area is 144 Å². The zero-order valence-electron chi connectivity index (χ0n) is 13.4. The van der Waals surface area contributed by atoms with Gasteiger partial charge in [-0.2, -0.15) is 4.31 Å². The van der Waals surface area contributed by atoms with Crippen LogP contribution in [-0.2, 0) is 14.8 Å². The van der Waals surface area contributed by atoms with Crippen molar-refractivity contribution in [3.63, 3.8) is 0 Å². The molecule has 0 saturated carbocycles. The van der Waals surface area contributed by atoms with E-state index in [1.165, 1.54) is 4.31 Å². The van der Waals surface area contributed by atoms with E-state index < -0.39 is 10.0 Å². The molecule has 9 heteroatoms. The molecule has 1 fully saturated rings. The number of morpholine rings is 1. The summed E-state index contributed by atoms with van der Waals surface area (Å²) in [6.07, 6.45) is 1.82. The molecule has 3 aromatic rings. The van der Waals surface area contributed by atoms with E-state index in [4.69, 9.17) is 10.5 Å². The number of pyridine rings is 1. The molecule has 0 bridgehead atoms. The number of aromatic nitrogens is 3. The Balaban J connectivity index is 1.69. The lowest BCUT2D eigenvalue weighted by Gasteiger charge is -2.26. The van der Waals surface area contributed by atoms with Gasteiger partial charge in [0, 0.05) is 24.8 Å². The average Bonchev–Trinajstić information content (AvgIpc) is 3.08. The summed E-state index contributed by atoms with van der Waals surface area (Å²) in [6.45, 7) is 1.59. The van der Waals surface area contributed by atoms with Crippen LogP contribution in [0.15, 0.2) is 47.5 Å². The molecule has 0 spiro atoms. The van der Waals surface area contributed by atoms with Crippen LogP contribution in [0.2, 0.25) is 0 Å². The molecule has 0 amide bonds. The van der Waals surface area contributed by atoms with E-state index in [-0.39, 0.29) is 4.90 Å². The number of fused-ring (bicyclic) bond motifs is 1. The number of sulfonamides is 1. The first-order valence-electron chi connectivity index (χ1n) is 7.85. The van der Waals surface area contributed by atoms with Gasteiger partial charge in [-0.1, -0.05) is 0 Å². The Kier molecular flexibility index (Phi) is 3.91. The highest BCUT2D eigenvalue weighted by molar-refractivity contribution is 7.89. The molecule has 8 nitrogen and oxygen atoms in total. The zero-order chi connectivity index (χ0) is 17.4. The number of nitrogens with two attached hydrogens (primary N) is 1. The van der Waals surface area contributed by atoms with Crippen molar-refractivity contribution in [3.05, 3.63) is 42.6 Å². The number of anilines is 1. The van der Waals surface area contributed by atoms with E-state index in [1.54, 1.807) is 34.7 Å². The first kappa shape index (κ1) is 16.0. The Hall–Kier alpha value is -2.49. The molecule has 0 atom stereocenters. The number of rotatable bonds is 3. The second-order valence-electron chi connectivity index (χ2n) is 5.72. The maximum Gasteiger partial charge on any atom is 0.243 e. The van der Waals surface area contributed by atoms with Gasteiger partial charge in [-0.05, 0) is 36.4 Å². The second-order valence-corrected chi connectivity index (χ2v) is 7.66. The minimum absolute atomic E-state index is 0.256. The summed E-state index contributed by atoms with van der Waals surface area (Å²) in [4.78, 5) is 0.256. The third-order valence-electron chi connectivity index (χ3n) is 4.19. The first-order chi connectivity index (χ1) is 12.1. The molecule has 0 unspecified atom stereocenters. The smallest absolute Gasteiger partial charge is 0.243 e. The van der Waals surface area contributed by atoms with Crippen molar-refractivity contribution >= 4 is 21.4 Å². The normalized spacial score (nSPS) is 16.3. The largest absolute Gasteiger partial charge is 0.396 e. The summed E-state index contributed by atoms with van der Waals surface area (Å²) < 4.78 is 33.8. The van der Waals surface area contributed by atoms with Crippen LogP contribution in [-0.4, -0.2) is 53.6 Å². The Bertz CT molecular complexity index is 1010. The molecule has 1 aromatic carbocycles. The third-order valence-corrected chi connectivity index (χ3v) is 6.10. The molecule has 1 saturated heterocycles. The van der Waals surface area contributed by atoms with Gasteiger partial charge >= 0.3 is 0 Å². The molecule has 0 aliphatic carbocycles. The number of ether oxygens (including phenoxy) is 1. The lowest BCUT2D eigenvalue weighted by Crippen LogP contribution is -2.40. The fourth-order valence-electron chi connectivity index (χ4n) is 2.85. The van der Waals surface area contributed by atoms with Gasteiger partial charge in [-0.15, -0.1) is 10.2 Å². The van der Waals surface area contributed by atoms with Crippen molar-refractivity contribution in [1.82, 2.24) is 18.9 Å². The van der Waals surface area contributed by atoms with Crippen LogP contribution >= 0.6 is 0 Å². The van der Waals surface area contributed by atoms with E-state index in [0.717, 1.165) is 5.56 Å². The van der Waals surface area contributed by atoms with Crippen molar-refractivity contribution in [3.8, 4) is 11.4 Å². The molecular formula is C16H17N5O3S. The summed E-state index contributed by atoms with van der Waals surface area (Å²) in [6, 6.07) is 10.2. The molecule has 130 valence electrons. The van der Waals surface area contributed by atoms with Crippen molar-refractivity contribution in [2.45, 2.75) is 4.90 Å². The second kappa shape index (κ2) is 6.10. The molecule has 0 radical (unpaired) electrons. The highest BCUT2D eigenvalue weighted by Gasteiger charge is 2.26. The topological polar surface area (TPSA) is 103 Å². The SMILES string of the molecule is Nc1cccn2c(-c3ccc(S(=O)(=O)N4CCOCC4)cc3)nnc12. The van der Waals surface area contributed by atoms with Crippen LogP contribution < -0.4 is 5.73 Å². The molecule has 25 heavy (non-hydrogen) atoms. The minimum atomic E-state index is -3.51. The van der Waals surface area contributed by atoms with Gasteiger partial charge in [0.1, 0.15) is 0 Å². The summed E-state index contributed by atoms with van der Waals surface area (Å²) in [5.74, 6) is 0.609. The van der Waals surface area contributed by atoms with Crippen molar-refractivity contribution in [1.29, 1.82) is 0 Å². The Morgan fingerprint density at radius 2 is 1.76 bits per heavy atom. The summed E-state index contributed by atoms with van der Waals surface area (Å²) in [5.41, 5.74) is 7.76. The van der Waals surface area contributed by atoms with Gasteiger partial charge in [0.15, 0.2) is 11.5 Å². The predicted molar refractivity (Wildman–Crippen MR) is 92.4 cm³/mol. The third kappa shape index (κ3) is 2.76. The fraction of sp³-hybridized carbons (Fsp3) is 0.250. The van der Waals surface area contributed by atoms with E-state index in [9.17, 15) is 8.42 Å². The highest BCUT2D eigenvalue weighted by Crippen LogP contribution is 2.24. The minimum Gasteiger partial charge on any atom is -0.396 e. The number of nitrogen functional groups attached to an aromatic ring is 1. The Morgan fingerprint density at radius 3 is 2.48 bits per heavy atom. The fourth-order valence-corrected chi connectivity index (χ4v) is 4.25. The summed E-state index contributed by atoms with van der Waals surface area (Å²) in [5, 5.41) is 8.25. The Morgan fingerprint density at radius 1 is 1.04 bits per heavy atom. The number of benzene rings is 1. The molecule has 2 N–H and O–H groups in total. The number of hydrogen-bond acceptors (Lipinski definition) is 6. The number of nitrogens with zero attached hydrogens (tertiary/aromatic N) is 4. The molecule has 1 aliphatic heterocycles. The summed E-state index contributed by atoms with van der Waals surface area (Å²) >= 11 is 0. The highest BCUT2D eigenvalue weighted by atomic mass is 32.2. The molecule has 3 heterocycles. The van der Waals surface area contributed by atoms with Crippen molar-refractivity contribution in [2.24, 2.45) is 0 Å². The maximum absolute atomic E-state index is 12.7. The van der Waals surface area contributed by atoms with Crippen LogP contribution in [0.4, 0.5) is 5.69 Å². The zero-order valence-corrected chi connectivity index (χ0v) is 14.2. The van der Waals surface area contributed by atoms with E-state index in [1.807, 2.05) is 12.3 Å². The average molecular weight is 359 g/mol. The van der Waals surface area contributed by atoms with Gasteiger partial charge in [0.2, 0.25) is 10.0 Å². The van der Waals surface area contributed by atoms with Crippen LogP contribution in [0.3, 0.4) is 0 Å². The monoisotopic (exact) mass is 359 g/mol. The summed E-state index contributed by atoms with van der Waals surface area (Å²) in [7, 11) is -3.51. The van der Waals surface area contributed by atoms with E-state index >= 15 is 0 Å². The van der Waals surface area contributed by atoms with Gasteiger partial charge < -0.3 is 10.5 Å².